The summed E-state index contributed by atoms with van der Waals surface area (Å²) in [5.41, 5.74) is 0. The predicted molar refractivity (Wildman–Crippen MR) is 52.8 cm³/mol. The number of hydrogen-bond acceptors (Lipinski definition) is 5. The number of hydrogen-bond donors (Lipinski definition) is 1. The lowest BCUT2D eigenvalue weighted by atomic mass is 10.6. The minimum absolute atomic E-state index is 0.607. The van der Waals surface area contributed by atoms with E-state index in [9.17, 15) is 0 Å². The molecule has 0 N–H and O–H groups in total. The fourth-order valence-corrected chi connectivity index (χ4v) is 1.40. The molecule has 0 radical (unpaired) electrons. The second kappa shape index (κ2) is 5.27. The van der Waals surface area contributed by atoms with Gasteiger partial charge in [0.25, 0.3) is 5.22 Å². The SMILES string of the molecule is Cc1nnc(SCC=CCS)o1. The average Bonchev–Trinajstić information content (AvgIpc) is 2.45. The molecule has 1 aromatic rings. The van der Waals surface area contributed by atoms with Crippen LogP contribution in [0.25, 0.3) is 0 Å². The van der Waals surface area contributed by atoms with Gasteiger partial charge in [0.1, 0.15) is 0 Å². The highest BCUT2D eigenvalue weighted by Gasteiger charge is 1.99. The molecule has 1 rings (SSSR count). The van der Waals surface area contributed by atoms with E-state index in [1.165, 1.54) is 11.8 Å². The molecule has 3 nitrogen and oxygen atoms in total. The van der Waals surface area contributed by atoms with Gasteiger partial charge in [0, 0.05) is 18.4 Å². The van der Waals surface area contributed by atoms with Crippen molar-refractivity contribution in [3.63, 3.8) is 0 Å². The van der Waals surface area contributed by atoms with E-state index in [2.05, 4.69) is 22.8 Å². The minimum Gasteiger partial charge on any atom is -0.416 e. The Morgan fingerprint density at radius 2 is 2.33 bits per heavy atom. The van der Waals surface area contributed by atoms with Gasteiger partial charge in [-0.3, -0.25) is 0 Å². The summed E-state index contributed by atoms with van der Waals surface area (Å²) in [5, 5.41) is 8.17. The molecule has 0 aliphatic carbocycles. The number of thioether (sulfide) groups is 1. The monoisotopic (exact) mass is 202 g/mol. The molecule has 0 aliphatic rings. The van der Waals surface area contributed by atoms with Gasteiger partial charge in [0.15, 0.2) is 0 Å². The Bertz CT molecular complexity index is 260. The lowest BCUT2D eigenvalue weighted by Crippen LogP contribution is -1.74. The van der Waals surface area contributed by atoms with Crippen LogP contribution >= 0.6 is 24.4 Å². The summed E-state index contributed by atoms with van der Waals surface area (Å²) in [7, 11) is 0. The molecule has 0 amide bonds. The normalized spacial score (nSPS) is 11.2. The lowest BCUT2D eigenvalue weighted by Gasteiger charge is -1.86. The first-order valence-corrected chi connectivity index (χ1v) is 5.13. The highest BCUT2D eigenvalue weighted by Crippen LogP contribution is 2.15. The van der Waals surface area contributed by atoms with Crippen molar-refractivity contribution >= 4 is 24.4 Å². The minimum atomic E-state index is 0.607. The Kier molecular flexibility index (Phi) is 4.24. The zero-order valence-corrected chi connectivity index (χ0v) is 8.44. The Morgan fingerprint density at radius 3 is 2.92 bits per heavy atom. The van der Waals surface area contributed by atoms with Gasteiger partial charge in [0.2, 0.25) is 5.89 Å². The highest BCUT2D eigenvalue weighted by atomic mass is 32.2. The highest BCUT2D eigenvalue weighted by molar-refractivity contribution is 7.99. The van der Waals surface area contributed by atoms with Gasteiger partial charge in [-0.05, 0) is 0 Å². The first kappa shape index (κ1) is 9.67. The van der Waals surface area contributed by atoms with E-state index in [1.54, 1.807) is 6.92 Å². The summed E-state index contributed by atoms with van der Waals surface area (Å²) in [5.74, 6) is 2.22. The second-order valence-electron chi connectivity index (χ2n) is 2.05. The number of aryl methyl sites for hydroxylation is 1. The van der Waals surface area contributed by atoms with Gasteiger partial charge in [-0.1, -0.05) is 23.9 Å². The molecule has 0 saturated carbocycles. The summed E-state index contributed by atoms with van der Waals surface area (Å²) in [4.78, 5) is 0. The number of nitrogens with zero attached hydrogens (tertiary/aromatic N) is 2. The van der Waals surface area contributed by atoms with Crippen molar-refractivity contribution in [2.45, 2.75) is 12.1 Å². The van der Waals surface area contributed by atoms with Gasteiger partial charge in [0.05, 0.1) is 0 Å². The molecule has 0 bridgehead atoms. The third kappa shape index (κ3) is 3.32. The van der Waals surface area contributed by atoms with Crippen LogP contribution < -0.4 is 0 Å². The Labute approximate surface area is 81.0 Å². The summed E-state index contributed by atoms with van der Waals surface area (Å²) < 4.78 is 5.15. The van der Waals surface area contributed by atoms with Crippen molar-refractivity contribution in [1.29, 1.82) is 0 Å². The van der Waals surface area contributed by atoms with Gasteiger partial charge in [-0.25, -0.2) is 0 Å². The van der Waals surface area contributed by atoms with Gasteiger partial charge in [-0.15, -0.1) is 10.2 Å². The number of thiol groups is 1. The topological polar surface area (TPSA) is 38.9 Å². The molecule has 0 aromatic carbocycles. The van der Waals surface area contributed by atoms with Crippen molar-refractivity contribution in [1.82, 2.24) is 10.2 Å². The predicted octanol–water partition coefficient (Wildman–Crippen LogP) is 1.96. The van der Waals surface area contributed by atoms with Crippen LogP contribution in [0.5, 0.6) is 0 Å². The average molecular weight is 202 g/mol. The van der Waals surface area contributed by atoms with Crippen LogP contribution in [0.1, 0.15) is 5.89 Å². The van der Waals surface area contributed by atoms with Crippen LogP contribution in [0.3, 0.4) is 0 Å². The van der Waals surface area contributed by atoms with Crippen LogP contribution in [0, 0.1) is 6.92 Å². The molecule has 0 saturated heterocycles. The molecule has 1 heterocycles. The zero-order chi connectivity index (χ0) is 8.81. The summed E-state index contributed by atoms with van der Waals surface area (Å²) in [6, 6.07) is 0. The molecule has 0 unspecified atom stereocenters. The second-order valence-corrected chi connectivity index (χ2v) is 3.39. The maximum Gasteiger partial charge on any atom is 0.276 e. The van der Waals surface area contributed by atoms with Gasteiger partial charge in [-0.2, -0.15) is 12.6 Å². The van der Waals surface area contributed by atoms with Gasteiger partial charge >= 0.3 is 0 Å². The lowest BCUT2D eigenvalue weighted by molar-refractivity contribution is 0.429. The molecule has 66 valence electrons. The van der Waals surface area contributed by atoms with Crippen molar-refractivity contribution in [2.24, 2.45) is 0 Å². The number of aromatic nitrogens is 2. The quantitative estimate of drug-likeness (QED) is 0.460. The molecular weight excluding hydrogens is 192 g/mol. The molecule has 12 heavy (non-hydrogen) atoms. The molecule has 0 fully saturated rings. The van der Waals surface area contributed by atoms with Crippen LogP contribution in [-0.4, -0.2) is 21.7 Å². The third-order valence-electron chi connectivity index (χ3n) is 1.08. The van der Waals surface area contributed by atoms with Gasteiger partial charge < -0.3 is 4.42 Å². The Morgan fingerprint density at radius 1 is 1.50 bits per heavy atom. The van der Waals surface area contributed by atoms with E-state index in [1.807, 2.05) is 12.2 Å². The third-order valence-corrected chi connectivity index (χ3v) is 2.06. The summed E-state index contributed by atoms with van der Waals surface area (Å²) in [6.45, 7) is 1.78. The smallest absolute Gasteiger partial charge is 0.276 e. The standard InChI is InChI=1S/C7H10N2OS2/c1-6-8-9-7(10-6)12-5-3-2-4-11/h2-3,11H,4-5H2,1H3. The van der Waals surface area contributed by atoms with E-state index in [4.69, 9.17) is 4.42 Å². The molecular formula is C7H10N2OS2. The fraction of sp³-hybridized carbons (Fsp3) is 0.429. The van der Waals surface area contributed by atoms with Crippen LogP contribution in [0.4, 0.5) is 0 Å². The zero-order valence-electron chi connectivity index (χ0n) is 6.73. The van der Waals surface area contributed by atoms with Crippen molar-refractivity contribution in [3.8, 4) is 0 Å². The Balaban J connectivity index is 2.28. The Hall–Kier alpha value is -0.420. The first-order chi connectivity index (χ1) is 5.83. The van der Waals surface area contributed by atoms with Crippen LogP contribution in [-0.2, 0) is 0 Å². The molecule has 0 atom stereocenters. The van der Waals surface area contributed by atoms with E-state index in [0.717, 1.165) is 11.5 Å². The van der Waals surface area contributed by atoms with E-state index in [-0.39, 0.29) is 0 Å². The maximum atomic E-state index is 5.15. The summed E-state index contributed by atoms with van der Waals surface area (Å²) in [6.07, 6.45) is 4.01. The number of rotatable bonds is 4. The van der Waals surface area contributed by atoms with Crippen LogP contribution in [0.2, 0.25) is 0 Å². The largest absolute Gasteiger partial charge is 0.416 e. The first-order valence-electron chi connectivity index (χ1n) is 3.51. The molecule has 0 aliphatic heterocycles. The summed E-state index contributed by atoms with van der Waals surface area (Å²) >= 11 is 5.56. The fourth-order valence-electron chi connectivity index (χ4n) is 0.599. The van der Waals surface area contributed by atoms with Crippen LogP contribution in [0.15, 0.2) is 21.8 Å². The maximum absolute atomic E-state index is 5.15. The van der Waals surface area contributed by atoms with E-state index < -0.39 is 0 Å². The van der Waals surface area contributed by atoms with E-state index in [0.29, 0.717) is 11.1 Å². The van der Waals surface area contributed by atoms with Crippen molar-refractivity contribution < 1.29 is 4.42 Å². The van der Waals surface area contributed by atoms with Crippen molar-refractivity contribution in [2.75, 3.05) is 11.5 Å². The van der Waals surface area contributed by atoms with Crippen molar-refractivity contribution in [3.05, 3.63) is 18.0 Å². The molecule has 5 heteroatoms. The molecule has 0 spiro atoms. The molecule has 1 aromatic heterocycles. The van der Waals surface area contributed by atoms with E-state index >= 15 is 0 Å².